The Kier molecular flexibility index (Phi) is 4.79. The van der Waals surface area contributed by atoms with Gasteiger partial charge in [-0.25, -0.2) is 14.6 Å². The van der Waals surface area contributed by atoms with Gasteiger partial charge in [0.05, 0.1) is 12.6 Å². The second-order valence-corrected chi connectivity index (χ2v) is 5.55. The van der Waals surface area contributed by atoms with Crippen LogP contribution >= 0.6 is 0 Å². The Balaban J connectivity index is 1.75. The SMILES string of the molecule is CCn1ncnc1CN1CCCC[C@@H]1c1n[nH]c(COC)n1. The number of aromatic nitrogens is 6. The summed E-state index contributed by atoms with van der Waals surface area (Å²) in [5.74, 6) is 2.64. The van der Waals surface area contributed by atoms with E-state index in [2.05, 4.69) is 37.1 Å². The zero-order valence-corrected chi connectivity index (χ0v) is 13.2. The summed E-state index contributed by atoms with van der Waals surface area (Å²) in [6, 6.07) is 0.234. The van der Waals surface area contributed by atoms with Gasteiger partial charge in [-0.2, -0.15) is 10.2 Å². The molecule has 8 nitrogen and oxygen atoms in total. The molecule has 0 bridgehead atoms. The fraction of sp³-hybridized carbons (Fsp3) is 0.714. The van der Waals surface area contributed by atoms with Crippen LogP contribution in [0.15, 0.2) is 6.33 Å². The van der Waals surface area contributed by atoms with E-state index < -0.39 is 0 Å². The fourth-order valence-corrected chi connectivity index (χ4v) is 2.99. The largest absolute Gasteiger partial charge is 0.377 e. The van der Waals surface area contributed by atoms with Crippen LogP contribution in [0, 0.1) is 0 Å². The quantitative estimate of drug-likeness (QED) is 0.865. The summed E-state index contributed by atoms with van der Waals surface area (Å²) in [6.45, 7) is 5.20. The van der Waals surface area contributed by atoms with E-state index in [1.54, 1.807) is 13.4 Å². The molecule has 3 heterocycles. The minimum absolute atomic E-state index is 0.234. The van der Waals surface area contributed by atoms with Gasteiger partial charge in [-0.15, -0.1) is 0 Å². The van der Waals surface area contributed by atoms with Gasteiger partial charge in [-0.1, -0.05) is 6.42 Å². The monoisotopic (exact) mass is 305 g/mol. The summed E-state index contributed by atoms with van der Waals surface area (Å²) in [7, 11) is 1.66. The van der Waals surface area contributed by atoms with Crippen LogP contribution in [-0.4, -0.2) is 48.5 Å². The predicted octanol–water partition coefficient (Wildman–Crippen LogP) is 1.29. The fourth-order valence-electron chi connectivity index (χ4n) is 2.99. The van der Waals surface area contributed by atoms with Gasteiger partial charge >= 0.3 is 0 Å². The zero-order chi connectivity index (χ0) is 15.4. The number of piperidine rings is 1. The topological polar surface area (TPSA) is 84.8 Å². The third-order valence-corrected chi connectivity index (χ3v) is 4.08. The zero-order valence-electron chi connectivity index (χ0n) is 13.2. The van der Waals surface area contributed by atoms with Gasteiger partial charge in [0.15, 0.2) is 11.6 Å². The van der Waals surface area contributed by atoms with E-state index >= 15 is 0 Å². The Morgan fingerprint density at radius 2 is 2.32 bits per heavy atom. The molecule has 1 aliphatic heterocycles. The second-order valence-electron chi connectivity index (χ2n) is 5.55. The highest BCUT2D eigenvalue weighted by molar-refractivity contribution is 5.00. The highest BCUT2D eigenvalue weighted by Crippen LogP contribution is 2.29. The Labute approximate surface area is 129 Å². The lowest BCUT2D eigenvalue weighted by molar-refractivity contribution is 0.128. The van der Waals surface area contributed by atoms with Crippen molar-refractivity contribution in [3.05, 3.63) is 23.8 Å². The highest BCUT2D eigenvalue weighted by Gasteiger charge is 2.28. The first kappa shape index (κ1) is 15.1. The van der Waals surface area contributed by atoms with E-state index in [-0.39, 0.29) is 6.04 Å². The molecule has 8 heteroatoms. The number of aromatic amines is 1. The van der Waals surface area contributed by atoms with Crippen LogP contribution in [0.25, 0.3) is 0 Å². The van der Waals surface area contributed by atoms with Crippen molar-refractivity contribution in [3.63, 3.8) is 0 Å². The van der Waals surface area contributed by atoms with Gasteiger partial charge in [0, 0.05) is 13.7 Å². The van der Waals surface area contributed by atoms with E-state index in [1.807, 2.05) is 4.68 Å². The molecule has 0 saturated carbocycles. The summed E-state index contributed by atoms with van der Waals surface area (Å²) >= 11 is 0. The second kappa shape index (κ2) is 6.97. The molecular weight excluding hydrogens is 282 g/mol. The van der Waals surface area contributed by atoms with Gasteiger partial charge in [0.25, 0.3) is 0 Å². The maximum Gasteiger partial charge on any atom is 0.167 e. The first-order chi connectivity index (χ1) is 10.8. The van der Waals surface area contributed by atoms with Crippen molar-refractivity contribution in [1.29, 1.82) is 0 Å². The van der Waals surface area contributed by atoms with E-state index in [0.29, 0.717) is 6.61 Å². The molecule has 0 radical (unpaired) electrons. The lowest BCUT2D eigenvalue weighted by atomic mass is 10.0. The molecule has 22 heavy (non-hydrogen) atoms. The van der Waals surface area contributed by atoms with Crippen LogP contribution < -0.4 is 0 Å². The van der Waals surface area contributed by atoms with Gasteiger partial charge < -0.3 is 4.74 Å². The van der Waals surface area contributed by atoms with Gasteiger partial charge in [-0.05, 0) is 26.3 Å². The first-order valence-electron chi connectivity index (χ1n) is 7.82. The summed E-state index contributed by atoms with van der Waals surface area (Å²) in [5.41, 5.74) is 0. The average Bonchev–Trinajstić information content (AvgIpc) is 3.17. The minimum atomic E-state index is 0.234. The maximum atomic E-state index is 5.10. The molecular formula is C14H23N7O. The van der Waals surface area contributed by atoms with E-state index in [1.165, 1.54) is 12.8 Å². The van der Waals surface area contributed by atoms with Crippen LogP contribution in [0.4, 0.5) is 0 Å². The van der Waals surface area contributed by atoms with Crippen LogP contribution in [-0.2, 0) is 24.4 Å². The number of hydrogen-bond acceptors (Lipinski definition) is 6. The van der Waals surface area contributed by atoms with E-state index in [9.17, 15) is 0 Å². The molecule has 1 aliphatic rings. The third-order valence-electron chi connectivity index (χ3n) is 4.08. The summed E-state index contributed by atoms with van der Waals surface area (Å²) in [4.78, 5) is 11.4. The summed E-state index contributed by atoms with van der Waals surface area (Å²) in [6.07, 6.45) is 5.10. The molecule has 120 valence electrons. The number of H-pyrrole nitrogens is 1. The Morgan fingerprint density at radius 1 is 1.41 bits per heavy atom. The van der Waals surface area contributed by atoms with Crippen molar-refractivity contribution in [2.75, 3.05) is 13.7 Å². The van der Waals surface area contributed by atoms with Crippen molar-refractivity contribution >= 4 is 0 Å². The number of rotatable bonds is 6. The molecule has 1 saturated heterocycles. The molecule has 3 rings (SSSR count). The molecule has 0 unspecified atom stereocenters. The first-order valence-corrected chi connectivity index (χ1v) is 7.82. The molecule has 0 aromatic carbocycles. The summed E-state index contributed by atoms with van der Waals surface area (Å²) in [5, 5.41) is 11.6. The third kappa shape index (κ3) is 3.17. The van der Waals surface area contributed by atoms with Gasteiger partial charge in [0.1, 0.15) is 18.8 Å². The molecule has 2 aromatic rings. The van der Waals surface area contributed by atoms with Crippen molar-refractivity contribution in [1.82, 2.24) is 34.8 Å². The average molecular weight is 305 g/mol. The van der Waals surface area contributed by atoms with Gasteiger partial charge in [0.2, 0.25) is 0 Å². The number of nitrogens with one attached hydrogen (secondary N) is 1. The van der Waals surface area contributed by atoms with Crippen molar-refractivity contribution in [2.45, 2.75) is 51.9 Å². The molecule has 1 N–H and O–H groups in total. The minimum Gasteiger partial charge on any atom is -0.377 e. The lowest BCUT2D eigenvalue weighted by Crippen LogP contribution is -2.34. The van der Waals surface area contributed by atoms with Crippen molar-refractivity contribution in [2.24, 2.45) is 0 Å². The molecule has 0 amide bonds. The Morgan fingerprint density at radius 3 is 3.14 bits per heavy atom. The molecule has 0 spiro atoms. The van der Waals surface area contributed by atoms with Gasteiger partial charge in [-0.3, -0.25) is 10.00 Å². The molecule has 2 aromatic heterocycles. The van der Waals surface area contributed by atoms with E-state index in [4.69, 9.17) is 4.74 Å². The normalized spacial score (nSPS) is 19.6. The van der Waals surface area contributed by atoms with Crippen molar-refractivity contribution < 1.29 is 4.74 Å². The number of aryl methyl sites for hydroxylation is 1. The number of hydrogen-bond donors (Lipinski definition) is 1. The number of ether oxygens (including phenoxy) is 1. The molecule has 1 fully saturated rings. The highest BCUT2D eigenvalue weighted by atomic mass is 16.5. The lowest BCUT2D eigenvalue weighted by Gasteiger charge is -2.33. The summed E-state index contributed by atoms with van der Waals surface area (Å²) < 4.78 is 7.05. The van der Waals surface area contributed by atoms with Crippen LogP contribution in [0.2, 0.25) is 0 Å². The molecule has 0 aliphatic carbocycles. The Hall–Kier alpha value is -1.80. The predicted molar refractivity (Wildman–Crippen MR) is 79.8 cm³/mol. The Bertz CT molecular complexity index is 594. The van der Waals surface area contributed by atoms with Crippen LogP contribution in [0.3, 0.4) is 0 Å². The van der Waals surface area contributed by atoms with Crippen molar-refractivity contribution in [3.8, 4) is 0 Å². The smallest absolute Gasteiger partial charge is 0.167 e. The van der Waals surface area contributed by atoms with Crippen LogP contribution in [0.5, 0.6) is 0 Å². The number of likely N-dealkylation sites (tertiary alicyclic amines) is 1. The number of nitrogens with zero attached hydrogens (tertiary/aromatic N) is 6. The number of methoxy groups -OCH3 is 1. The van der Waals surface area contributed by atoms with E-state index in [0.717, 1.165) is 43.5 Å². The maximum absolute atomic E-state index is 5.10. The van der Waals surface area contributed by atoms with Crippen LogP contribution in [0.1, 0.15) is 49.7 Å². The molecule has 1 atom stereocenters. The standard InChI is InChI=1S/C14H23N7O/c1-3-21-13(15-10-16-21)8-20-7-5-4-6-11(20)14-17-12(9-22-2)18-19-14/h10-11H,3-9H2,1-2H3,(H,17,18,19)/t11-/m1/s1.